The maximum Gasteiger partial charge on any atom is 0.255 e. The van der Waals surface area contributed by atoms with E-state index >= 15 is 0 Å². The number of rotatable bonds is 6. The predicted octanol–water partition coefficient (Wildman–Crippen LogP) is 3.78. The summed E-state index contributed by atoms with van der Waals surface area (Å²) >= 11 is 0. The van der Waals surface area contributed by atoms with Crippen LogP contribution >= 0.6 is 0 Å². The van der Waals surface area contributed by atoms with Gasteiger partial charge in [-0.05, 0) is 49.2 Å². The molecule has 0 aliphatic rings. The van der Waals surface area contributed by atoms with Crippen LogP contribution in [0.15, 0.2) is 48.5 Å². The molecule has 0 radical (unpaired) electrons. The van der Waals surface area contributed by atoms with Crippen LogP contribution in [0, 0.1) is 6.92 Å². The molecule has 2 aromatic rings. The van der Waals surface area contributed by atoms with Crippen LogP contribution in [0.25, 0.3) is 0 Å². The Morgan fingerprint density at radius 1 is 0.957 bits per heavy atom. The summed E-state index contributed by atoms with van der Waals surface area (Å²) in [5, 5.41) is 5.70. The van der Waals surface area contributed by atoms with Crippen molar-refractivity contribution in [2.75, 3.05) is 11.9 Å². The van der Waals surface area contributed by atoms with Gasteiger partial charge in [0.15, 0.2) is 0 Å². The second-order valence-corrected chi connectivity index (χ2v) is 5.51. The lowest BCUT2D eigenvalue weighted by molar-refractivity contribution is 0.0953. The van der Waals surface area contributed by atoms with Crippen LogP contribution in [0.1, 0.15) is 46.0 Å². The Morgan fingerprint density at radius 3 is 2.35 bits per heavy atom. The van der Waals surface area contributed by atoms with Gasteiger partial charge in [0, 0.05) is 23.4 Å². The van der Waals surface area contributed by atoms with E-state index < -0.39 is 0 Å². The normalized spacial score (nSPS) is 10.2. The van der Waals surface area contributed by atoms with E-state index in [1.165, 1.54) is 0 Å². The SMILES string of the molecule is CCCCNC(=O)c1cccc(C(=O)Nc2cccc(C)c2)c1. The van der Waals surface area contributed by atoms with E-state index in [0.717, 1.165) is 24.1 Å². The molecule has 23 heavy (non-hydrogen) atoms. The Kier molecular flexibility index (Phi) is 5.92. The molecule has 0 atom stereocenters. The van der Waals surface area contributed by atoms with Gasteiger partial charge in [0.25, 0.3) is 11.8 Å². The van der Waals surface area contributed by atoms with Crippen molar-refractivity contribution in [2.45, 2.75) is 26.7 Å². The van der Waals surface area contributed by atoms with Gasteiger partial charge in [-0.3, -0.25) is 9.59 Å². The topological polar surface area (TPSA) is 58.2 Å². The van der Waals surface area contributed by atoms with E-state index in [1.54, 1.807) is 24.3 Å². The maximum absolute atomic E-state index is 12.3. The molecule has 0 bridgehead atoms. The van der Waals surface area contributed by atoms with Crippen LogP contribution in [-0.4, -0.2) is 18.4 Å². The third kappa shape index (κ3) is 4.95. The molecule has 0 saturated carbocycles. The third-order valence-corrected chi connectivity index (χ3v) is 3.48. The zero-order valence-electron chi connectivity index (χ0n) is 13.6. The number of unbranched alkanes of at least 4 members (excludes halogenated alkanes) is 1. The highest BCUT2D eigenvalue weighted by atomic mass is 16.2. The number of anilines is 1. The molecule has 0 heterocycles. The Bertz CT molecular complexity index is 695. The number of hydrogen-bond donors (Lipinski definition) is 2. The molecule has 2 aromatic carbocycles. The van der Waals surface area contributed by atoms with Crippen molar-refractivity contribution in [1.82, 2.24) is 5.32 Å². The maximum atomic E-state index is 12.3. The first-order chi connectivity index (χ1) is 11.1. The Balaban J connectivity index is 2.06. The van der Waals surface area contributed by atoms with Crippen molar-refractivity contribution >= 4 is 17.5 Å². The molecule has 4 nitrogen and oxygen atoms in total. The van der Waals surface area contributed by atoms with Gasteiger partial charge in [-0.1, -0.05) is 31.5 Å². The quantitative estimate of drug-likeness (QED) is 0.798. The van der Waals surface area contributed by atoms with Gasteiger partial charge in [0.2, 0.25) is 0 Å². The zero-order chi connectivity index (χ0) is 16.7. The number of aryl methyl sites for hydroxylation is 1. The monoisotopic (exact) mass is 310 g/mol. The Morgan fingerprint density at radius 2 is 1.65 bits per heavy atom. The summed E-state index contributed by atoms with van der Waals surface area (Å²) in [5.41, 5.74) is 2.78. The fraction of sp³-hybridized carbons (Fsp3) is 0.263. The second-order valence-electron chi connectivity index (χ2n) is 5.51. The number of carbonyl (C=O) groups excluding carboxylic acids is 2. The Hall–Kier alpha value is -2.62. The largest absolute Gasteiger partial charge is 0.352 e. The van der Waals surface area contributed by atoms with Crippen LogP contribution in [0.5, 0.6) is 0 Å². The van der Waals surface area contributed by atoms with E-state index in [-0.39, 0.29) is 11.8 Å². The summed E-state index contributed by atoms with van der Waals surface area (Å²) < 4.78 is 0. The van der Waals surface area contributed by atoms with Crippen LogP contribution in [0.2, 0.25) is 0 Å². The highest BCUT2D eigenvalue weighted by Gasteiger charge is 2.10. The number of hydrogen-bond acceptors (Lipinski definition) is 2. The van der Waals surface area contributed by atoms with Gasteiger partial charge in [-0.2, -0.15) is 0 Å². The van der Waals surface area contributed by atoms with Crippen molar-refractivity contribution in [2.24, 2.45) is 0 Å². The molecule has 2 rings (SSSR count). The van der Waals surface area contributed by atoms with Crippen molar-refractivity contribution in [1.29, 1.82) is 0 Å². The molecular formula is C19H22N2O2. The minimum atomic E-state index is -0.223. The van der Waals surface area contributed by atoms with Crippen LogP contribution in [0.4, 0.5) is 5.69 Å². The average molecular weight is 310 g/mol. The van der Waals surface area contributed by atoms with E-state index in [0.29, 0.717) is 17.7 Å². The molecule has 0 spiro atoms. The van der Waals surface area contributed by atoms with E-state index in [4.69, 9.17) is 0 Å². The second kappa shape index (κ2) is 8.13. The van der Waals surface area contributed by atoms with Gasteiger partial charge in [-0.15, -0.1) is 0 Å². The zero-order valence-corrected chi connectivity index (χ0v) is 13.6. The lowest BCUT2D eigenvalue weighted by atomic mass is 10.1. The number of nitrogens with one attached hydrogen (secondary N) is 2. The molecule has 0 aliphatic carbocycles. The summed E-state index contributed by atoms with van der Waals surface area (Å²) in [6.07, 6.45) is 1.97. The minimum Gasteiger partial charge on any atom is -0.352 e. The fourth-order valence-corrected chi connectivity index (χ4v) is 2.21. The standard InChI is InChI=1S/C19H22N2O2/c1-3-4-11-20-18(22)15-8-6-9-16(13-15)19(23)21-17-10-5-7-14(2)12-17/h5-10,12-13H,3-4,11H2,1-2H3,(H,20,22)(H,21,23). The van der Waals surface area contributed by atoms with Crippen molar-refractivity contribution in [3.63, 3.8) is 0 Å². The van der Waals surface area contributed by atoms with Gasteiger partial charge in [0.1, 0.15) is 0 Å². The van der Waals surface area contributed by atoms with Crippen LogP contribution in [-0.2, 0) is 0 Å². The van der Waals surface area contributed by atoms with Gasteiger partial charge < -0.3 is 10.6 Å². The van der Waals surface area contributed by atoms with E-state index in [9.17, 15) is 9.59 Å². The molecule has 0 unspecified atom stereocenters. The summed E-state index contributed by atoms with van der Waals surface area (Å²) in [6, 6.07) is 14.4. The molecule has 0 aliphatic heterocycles. The fourth-order valence-electron chi connectivity index (χ4n) is 2.21. The molecule has 0 saturated heterocycles. The van der Waals surface area contributed by atoms with Gasteiger partial charge in [-0.25, -0.2) is 0 Å². The molecule has 0 fully saturated rings. The smallest absolute Gasteiger partial charge is 0.255 e. The van der Waals surface area contributed by atoms with Gasteiger partial charge in [0.05, 0.1) is 0 Å². The lowest BCUT2D eigenvalue weighted by Gasteiger charge is -2.08. The highest BCUT2D eigenvalue weighted by Crippen LogP contribution is 2.12. The number of carbonyl (C=O) groups is 2. The number of benzene rings is 2. The predicted molar refractivity (Wildman–Crippen MR) is 92.8 cm³/mol. The third-order valence-electron chi connectivity index (χ3n) is 3.48. The summed E-state index contributed by atoms with van der Waals surface area (Å²) in [6.45, 7) is 4.69. The van der Waals surface area contributed by atoms with Gasteiger partial charge >= 0.3 is 0 Å². The summed E-state index contributed by atoms with van der Waals surface area (Å²) in [7, 11) is 0. The van der Waals surface area contributed by atoms with Crippen LogP contribution in [0.3, 0.4) is 0 Å². The molecule has 2 amide bonds. The molecule has 4 heteroatoms. The first-order valence-corrected chi connectivity index (χ1v) is 7.86. The first kappa shape index (κ1) is 16.7. The lowest BCUT2D eigenvalue weighted by Crippen LogP contribution is -2.24. The average Bonchev–Trinajstić information content (AvgIpc) is 2.55. The van der Waals surface area contributed by atoms with Crippen molar-refractivity contribution in [3.05, 3.63) is 65.2 Å². The minimum absolute atomic E-state index is 0.149. The summed E-state index contributed by atoms with van der Waals surface area (Å²) in [5.74, 6) is -0.373. The van der Waals surface area contributed by atoms with E-state index in [2.05, 4.69) is 17.6 Å². The van der Waals surface area contributed by atoms with Crippen molar-refractivity contribution < 1.29 is 9.59 Å². The highest BCUT2D eigenvalue weighted by molar-refractivity contribution is 6.06. The Labute approximate surface area is 136 Å². The van der Waals surface area contributed by atoms with E-state index in [1.807, 2.05) is 31.2 Å². The molecule has 0 aromatic heterocycles. The van der Waals surface area contributed by atoms with Crippen molar-refractivity contribution in [3.8, 4) is 0 Å². The first-order valence-electron chi connectivity index (χ1n) is 7.86. The number of amides is 2. The van der Waals surface area contributed by atoms with Crippen LogP contribution < -0.4 is 10.6 Å². The summed E-state index contributed by atoms with van der Waals surface area (Å²) in [4.78, 5) is 24.4. The molecule has 120 valence electrons. The molecular weight excluding hydrogens is 288 g/mol. The molecule has 2 N–H and O–H groups in total.